The summed E-state index contributed by atoms with van der Waals surface area (Å²) in [5.74, 6) is 0.108. The molecule has 4 rings (SSSR count). The number of ether oxygens (including phenoxy) is 3. The molecule has 1 aliphatic heterocycles. The Morgan fingerprint density at radius 1 is 0.959 bits per heavy atom. The molecule has 3 aromatic rings. The summed E-state index contributed by atoms with van der Waals surface area (Å²) in [4.78, 5) is 38.7. The lowest BCUT2D eigenvalue weighted by Gasteiger charge is -2.26. The molecule has 0 bridgehead atoms. The molecule has 0 saturated carbocycles. The maximum absolute atomic E-state index is 13.5. The minimum atomic E-state index is -3.64. The monoisotopic (exact) mass is 716 g/mol. The molecule has 0 aliphatic carbocycles. The van der Waals surface area contributed by atoms with Gasteiger partial charge in [-0.1, -0.05) is 32.4 Å². The molecule has 1 fully saturated rings. The zero-order valence-electron chi connectivity index (χ0n) is 29.2. The molecule has 13 nitrogen and oxygen atoms in total. The Morgan fingerprint density at radius 2 is 1.67 bits per heavy atom. The van der Waals surface area contributed by atoms with Crippen LogP contribution in [0.15, 0.2) is 42.7 Å². The van der Waals surface area contributed by atoms with E-state index >= 15 is 0 Å². The number of nitrogens with zero attached hydrogens (tertiary/aromatic N) is 4. The van der Waals surface area contributed by atoms with Gasteiger partial charge in [0, 0.05) is 44.4 Å². The van der Waals surface area contributed by atoms with Crippen LogP contribution in [0.1, 0.15) is 69.6 Å². The number of methoxy groups -OCH3 is 1. The van der Waals surface area contributed by atoms with Crippen LogP contribution >= 0.6 is 11.6 Å². The van der Waals surface area contributed by atoms with E-state index in [1.807, 2.05) is 41.5 Å². The number of benzene rings is 2. The first kappa shape index (κ1) is 37.7. The highest BCUT2D eigenvalue weighted by Crippen LogP contribution is 2.39. The van der Waals surface area contributed by atoms with Gasteiger partial charge in [0.15, 0.2) is 5.75 Å². The number of carbonyl (C=O) groups is 2. The minimum absolute atomic E-state index is 0.160. The number of anilines is 2. The van der Waals surface area contributed by atoms with E-state index in [1.165, 1.54) is 19.5 Å². The minimum Gasteiger partial charge on any atom is -0.492 e. The molecule has 2 heterocycles. The number of halogens is 1. The summed E-state index contributed by atoms with van der Waals surface area (Å²) in [6, 6.07) is 9.73. The average molecular weight is 717 g/mol. The normalized spacial score (nSPS) is 14.5. The number of aromatic nitrogens is 2. The molecular formula is C34H45ClN6O7S. The van der Waals surface area contributed by atoms with E-state index in [2.05, 4.69) is 24.9 Å². The second kappa shape index (κ2) is 15.2. The van der Waals surface area contributed by atoms with Crippen LogP contribution < -0.4 is 19.5 Å². The summed E-state index contributed by atoms with van der Waals surface area (Å²) >= 11 is 6.47. The smallest absolute Gasteiger partial charge is 0.410 e. The van der Waals surface area contributed by atoms with Crippen molar-refractivity contribution < 1.29 is 32.2 Å². The van der Waals surface area contributed by atoms with Crippen LogP contribution in [-0.2, 0) is 26.7 Å². The van der Waals surface area contributed by atoms with Crippen LogP contribution in [0.3, 0.4) is 0 Å². The van der Waals surface area contributed by atoms with Crippen LogP contribution in [0.4, 0.5) is 16.2 Å². The van der Waals surface area contributed by atoms with E-state index in [-0.39, 0.29) is 50.8 Å². The van der Waals surface area contributed by atoms with Crippen molar-refractivity contribution in [2.75, 3.05) is 49.6 Å². The molecule has 2 amide bonds. The SMILES string of the molecule is COc1c(NC(=O)c2ccc(Cl)c(Oc3cc(CN4CCCN(C(=O)OC(C)(C)C)CC4)ncn3)c2)cc(C(C)(C)C)cc1NS(C)(=O)=O. The molecule has 1 aliphatic rings. The fourth-order valence-corrected chi connectivity index (χ4v) is 5.77. The third-order valence-corrected chi connectivity index (χ3v) is 8.34. The van der Waals surface area contributed by atoms with Crippen molar-refractivity contribution in [3.63, 3.8) is 0 Å². The van der Waals surface area contributed by atoms with E-state index in [1.54, 1.807) is 35.2 Å². The molecule has 49 heavy (non-hydrogen) atoms. The van der Waals surface area contributed by atoms with Crippen LogP contribution in [-0.4, -0.2) is 85.3 Å². The van der Waals surface area contributed by atoms with Gasteiger partial charge in [0.1, 0.15) is 17.7 Å². The Hall–Kier alpha value is -4.14. The molecule has 2 aromatic carbocycles. The maximum atomic E-state index is 13.5. The molecule has 266 valence electrons. The summed E-state index contributed by atoms with van der Waals surface area (Å²) in [6.07, 6.45) is 2.92. The van der Waals surface area contributed by atoms with Crippen molar-refractivity contribution in [3.05, 3.63) is 64.6 Å². The second-order valence-corrected chi connectivity index (χ2v) is 16.0. The third kappa shape index (κ3) is 10.9. The van der Waals surface area contributed by atoms with E-state index in [0.29, 0.717) is 31.9 Å². The van der Waals surface area contributed by atoms with Gasteiger partial charge in [-0.25, -0.2) is 23.2 Å². The Kier molecular flexibility index (Phi) is 11.7. The Morgan fingerprint density at radius 3 is 2.33 bits per heavy atom. The van der Waals surface area contributed by atoms with Crippen LogP contribution in [0, 0.1) is 0 Å². The molecule has 1 saturated heterocycles. The Labute approximate surface area is 293 Å². The highest BCUT2D eigenvalue weighted by Gasteiger charge is 2.25. The van der Waals surface area contributed by atoms with Crippen molar-refractivity contribution in [1.82, 2.24) is 19.8 Å². The summed E-state index contributed by atoms with van der Waals surface area (Å²) in [5.41, 5.74) is 1.28. The molecule has 15 heteroatoms. The fourth-order valence-electron chi connectivity index (χ4n) is 5.07. The van der Waals surface area contributed by atoms with Gasteiger partial charge in [-0.05, 0) is 68.5 Å². The molecule has 2 N–H and O–H groups in total. The van der Waals surface area contributed by atoms with Gasteiger partial charge in [-0.2, -0.15) is 0 Å². The standard InChI is InChI=1S/C34H45ClN6O7S/c1-33(2,3)23-17-26(30(46-7)27(18-23)39-49(8,44)45)38-31(42)22-10-11-25(35)28(16-22)47-29-19-24(36-21-37-29)20-40-12-9-13-41(15-14-40)32(43)48-34(4,5)6/h10-11,16-19,21,39H,9,12-15,20H2,1-8H3,(H,38,42). The Bertz CT molecular complexity index is 1790. The number of nitrogens with one attached hydrogen (secondary N) is 2. The first-order valence-electron chi connectivity index (χ1n) is 15.8. The van der Waals surface area contributed by atoms with Gasteiger partial charge in [-0.15, -0.1) is 0 Å². The van der Waals surface area contributed by atoms with Gasteiger partial charge in [0.25, 0.3) is 5.91 Å². The maximum Gasteiger partial charge on any atom is 0.410 e. The lowest BCUT2D eigenvalue weighted by Crippen LogP contribution is -2.39. The van der Waals surface area contributed by atoms with Gasteiger partial charge in [0.2, 0.25) is 15.9 Å². The van der Waals surface area contributed by atoms with Crippen molar-refractivity contribution in [1.29, 1.82) is 0 Å². The van der Waals surface area contributed by atoms with Crippen molar-refractivity contribution in [2.45, 2.75) is 65.5 Å². The van der Waals surface area contributed by atoms with Gasteiger partial charge < -0.3 is 24.4 Å². The van der Waals surface area contributed by atoms with Crippen molar-refractivity contribution >= 4 is 45.0 Å². The van der Waals surface area contributed by atoms with Gasteiger partial charge in [0.05, 0.1) is 35.5 Å². The average Bonchev–Trinajstić information content (AvgIpc) is 3.22. The van der Waals surface area contributed by atoms with E-state index in [9.17, 15) is 18.0 Å². The third-order valence-electron chi connectivity index (χ3n) is 7.43. The quantitative estimate of drug-likeness (QED) is 0.258. The molecule has 0 spiro atoms. The lowest BCUT2D eigenvalue weighted by atomic mass is 9.86. The molecule has 1 aromatic heterocycles. The predicted octanol–water partition coefficient (Wildman–Crippen LogP) is 6.30. The summed E-state index contributed by atoms with van der Waals surface area (Å²) < 4.78 is 43.8. The highest BCUT2D eigenvalue weighted by molar-refractivity contribution is 7.92. The van der Waals surface area contributed by atoms with Crippen LogP contribution in [0.5, 0.6) is 17.4 Å². The molecule has 0 atom stereocenters. The largest absolute Gasteiger partial charge is 0.492 e. The Balaban J connectivity index is 1.49. The van der Waals surface area contributed by atoms with E-state index < -0.39 is 21.5 Å². The number of hydrogen-bond donors (Lipinski definition) is 2. The second-order valence-electron chi connectivity index (χ2n) is 13.9. The predicted molar refractivity (Wildman–Crippen MR) is 189 cm³/mol. The summed E-state index contributed by atoms with van der Waals surface area (Å²) in [5, 5.41) is 3.11. The fraction of sp³-hybridized carbons (Fsp3) is 0.471. The zero-order chi connectivity index (χ0) is 36.1. The number of rotatable bonds is 9. The zero-order valence-corrected chi connectivity index (χ0v) is 30.8. The van der Waals surface area contributed by atoms with E-state index in [0.717, 1.165) is 24.8 Å². The summed E-state index contributed by atoms with van der Waals surface area (Å²) in [7, 11) is -2.25. The first-order chi connectivity index (χ1) is 22.8. The van der Waals surface area contributed by atoms with E-state index in [4.69, 9.17) is 25.8 Å². The highest BCUT2D eigenvalue weighted by atomic mass is 35.5. The number of sulfonamides is 1. The number of amides is 2. The molecular weight excluding hydrogens is 672 g/mol. The topological polar surface area (TPSA) is 152 Å². The molecule has 0 unspecified atom stereocenters. The number of hydrogen-bond acceptors (Lipinski definition) is 10. The lowest BCUT2D eigenvalue weighted by molar-refractivity contribution is 0.0257. The molecule has 0 radical (unpaired) electrons. The van der Waals surface area contributed by atoms with Crippen molar-refractivity contribution in [2.24, 2.45) is 0 Å². The first-order valence-corrected chi connectivity index (χ1v) is 18.1. The van der Waals surface area contributed by atoms with Crippen LogP contribution in [0.25, 0.3) is 0 Å². The van der Waals surface area contributed by atoms with Gasteiger partial charge >= 0.3 is 6.09 Å². The summed E-state index contributed by atoms with van der Waals surface area (Å²) in [6.45, 7) is 14.6. The van der Waals surface area contributed by atoms with Crippen LogP contribution in [0.2, 0.25) is 5.02 Å². The van der Waals surface area contributed by atoms with Crippen molar-refractivity contribution in [3.8, 4) is 17.4 Å². The number of carbonyl (C=O) groups excluding carboxylic acids is 2. The van der Waals surface area contributed by atoms with Gasteiger partial charge in [-0.3, -0.25) is 14.4 Å².